The molecule has 2 N–H and O–H groups in total. The first-order valence-corrected chi connectivity index (χ1v) is 8.93. The highest BCUT2D eigenvalue weighted by Crippen LogP contribution is 2.50. The standard InChI is InChI=1S/C18H26ClFN4O.HI/c1-4-9-21-17(22-11-16(25)24(2)3)23-12-18(7-8-18)14-6-5-13(20)10-15(14)19;/h5-6,10H,4,7-9,11-12H2,1-3H3,(H2,21,22,23);1H. The van der Waals surface area contributed by atoms with Gasteiger partial charge in [0.2, 0.25) is 5.91 Å². The molecule has 0 spiro atoms. The van der Waals surface area contributed by atoms with Gasteiger partial charge in [0.05, 0.1) is 0 Å². The fourth-order valence-electron chi connectivity index (χ4n) is 2.57. The third-order valence-electron chi connectivity index (χ3n) is 4.36. The molecule has 1 aliphatic rings. The number of aliphatic imine (C=N–C) groups is 1. The molecule has 1 aromatic rings. The van der Waals surface area contributed by atoms with Gasteiger partial charge in [-0.15, -0.1) is 24.0 Å². The molecule has 8 heteroatoms. The van der Waals surface area contributed by atoms with Gasteiger partial charge < -0.3 is 15.5 Å². The van der Waals surface area contributed by atoms with Gasteiger partial charge in [-0.1, -0.05) is 24.6 Å². The van der Waals surface area contributed by atoms with E-state index in [9.17, 15) is 9.18 Å². The average Bonchev–Trinajstić information content (AvgIpc) is 3.34. The van der Waals surface area contributed by atoms with Crippen molar-refractivity contribution in [1.29, 1.82) is 0 Å². The van der Waals surface area contributed by atoms with E-state index in [1.54, 1.807) is 20.2 Å². The molecule has 1 amide bonds. The van der Waals surface area contributed by atoms with Crippen molar-refractivity contribution < 1.29 is 9.18 Å². The molecule has 0 radical (unpaired) electrons. The second-order valence-corrected chi connectivity index (χ2v) is 7.05. The summed E-state index contributed by atoms with van der Waals surface area (Å²) in [5, 5.41) is 6.98. The predicted molar refractivity (Wildman–Crippen MR) is 115 cm³/mol. The number of guanidine groups is 1. The minimum absolute atomic E-state index is 0. The number of hydrogen-bond acceptors (Lipinski definition) is 2. The molecule has 1 saturated carbocycles. The first kappa shape index (κ1) is 23.0. The summed E-state index contributed by atoms with van der Waals surface area (Å²) < 4.78 is 13.3. The summed E-state index contributed by atoms with van der Waals surface area (Å²) in [4.78, 5) is 17.6. The number of nitrogens with zero attached hydrogens (tertiary/aromatic N) is 2. The maximum Gasteiger partial charge on any atom is 0.243 e. The summed E-state index contributed by atoms with van der Waals surface area (Å²) in [6.45, 7) is 3.57. The minimum atomic E-state index is -0.327. The Kier molecular flexibility index (Phi) is 9.09. The molecule has 0 heterocycles. The lowest BCUT2D eigenvalue weighted by atomic mass is 9.96. The maximum absolute atomic E-state index is 13.3. The predicted octanol–water partition coefficient (Wildman–Crippen LogP) is 3.16. The SMILES string of the molecule is CCCNC(=NCC(=O)N(C)C)NCC1(c2ccc(F)cc2Cl)CC1.I. The lowest BCUT2D eigenvalue weighted by Crippen LogP contribution is -2.42. The van der Waals surface area contributed by atoms with E-state index in [1.165, 1.54) is 17.0 Å². The monoisotopic (exact) mass is 496 g/mol. The zero-order valence-electron chi connectivity index (χ0n) is 15.4. The van der Waals surface area contributed by atoms with E-state index in [0.717, 1.165) is 31.4 Å². The van der Waals surface area contributed by atoms with Crippen molar-refractivity contribution in [3.63, 3.8) is 0 Å². The minimum Gasteiger partial charge on any atom is -0.356 e. The molecule has 5 nitrogen and oxygen atoms in total. The Hall–Kier alpha value is -1.09. The molecule has 0 aliphatic heterocycles. The van der Waals surface area contributed by atoms with Crippen LogP contribution in [0, 0.1) is 5.82 Å². The topological polar surface area (TPSA) is 56.7 Å². The van der Waals surface area contributed by atoms with Crippen molar-refractivity contribution in [3.05, 3.63) is 34.6 Å². The molecule has 2 rings (SSSR count). The summed E-state index contributed by atoms with van der Waals surface area (Å²) in [7, 11) is 3.42. The Morgan fingerprint density at radius 2 is 2.04 bits per heavy atom. The van der Waals surface area contributed by atoms with E-state index in [1.807, 2.05) is 0 Å². The van der Waals surface area contributed by atoms with Crippen LogP contribution in [-0.2, 0) is 10.2 Å². The van der Waals surface area contributed by atoms with E-state index in [2.05, 4.69) is 22.5 Å². The van der Waals surface area contributed by atoms with Gasteiger partial charge in [0.15, 0.2) is 5.96 Å². The van der Waals surface area contributed by atoms with Crippen molar-refractivity contribution in [1.82, 2.24) is 15.5 Å². The number of hydrogen-bond donors (Lipinski definition) is 2. The molecular weight excluding hydrogens is 470 g/mol. The van der Waals surface area contributed by atoms with E-state index in [-0.39, 0.29) is 47.7 Å². The first-order chi connectivity index (χ1) is 11.9. The summed E-state index contributed by atoms with van der Waals surface area (Å²) in [5.74, 6) is 0.230. The smallest absolute Gasteiger partial charge is 0.243 e. The van der Waals surface area contributed by atoms with Crippen LogP contribution in [0.2, 0.25) is 5.02 Å². The Balaban J connectivity index is 0.00000338. The Morgan fingerprint density at radius 1 is 1.35 bits per heavy atom. The number of likely N-dealkylation sites (N-methyl/N-ethyl adjacent to an activating group) is 1. The summed E-state index contributed by atoms with van der Waals surface area (Å²) >= 11 is 6.23. The Bertz CT molecular complexity index is 650. The molecule has 26 heavy (non-hydrogen) atoms. The third-order valence-corrected chi connectivity index (χ3v) is 4.68. The van der Waals surface area contributed by atoms with Crippen molar-refractivity contribution in [2.24, 2.45) is 4.99 Å². The van der Waals surface area contributed by atoms with Crippen LogP contribution in [0.4, 0.5) is 4.39 Å². The highest BCUT2D eigenvalue weighted by Gasteiger charge is 2.45. The maximum atomic E-state index is 13.3. The highest BCUT2D eigenvalue weighted by atomic mass is 127. The Morgan fingerprint density at radius 3 is 2.58 bits per heavy atom. The molecule has 0 bridgehead atoms. The van der Waals surface area contributed by atoms with Crippen molar-refractivity contribution in [3.8, 4) is 0 Å². The van der Waals surface area contributed by atoms with E-state index in [4.69, 9.17) is 11.6 Å². The number of amides is 1. The van der Waals surface area contributed by atoms with Gasteiger partial charge in [-0.3, -0.25) is 4.79 Å². The van der Waals surface area contributed by atoms with Crippen LogP contribution in [0.25, 0.3) is 0 Å². The zero-order chi connectivity index (χ0) is 18.4. The van der Waals surface area contributed by atoms with Crippen LogP contribution in [0.5, 0.6) is 0 Å². The number of halogens is 3. The molecule has 1 aliphatic carbocycles. The number of carbonyl (C=O) groups is 1. The van der Waals surface area contributed by atoms with Crippen LogP contribution in [-0.4, -0.2) is 50.5 Å². The molecule has 0 aromatic heterocycles. The zero-order valence-corrected chi connectivity index (χ0v) is 18.5. The molecule has 1 fully saturated rings. The average molecular weight is 497 g/mol. The quantitative estimate of drug-likeness (QED) is 0.346. The van der Waals surface area contributed by atoms with Gasteiger partial charge in [-0.2, -0.15) is 0 Å². The van der Waals surface area contributed by atoms with Gasteiger partial charge in [-0.05, 0) is 37.0 Å². The first-order valence-electron chi connectivity index (χ1n) is 8.56. The van der Waals surface area contributed by atoms with Crippen molar-refractivity contribution >= 4 is 47.4 Å². The van der Waals surface area contributed by atoms with Crippen LogP contribution < -0.4 is 10.6 Å². The summed E-state index contributed by atoms with van der Waals surface area (Å²) in [5.41, 5.74) is 0.868. The second-order valence-electron chi connectivity index (χ2n) is 6.64. The molecule has 0 saturated heterocycles. The number of rotatable bonds is 7. The van der Waals surface area contributed by atoms with E-state index >= 15 is 0 Å². The number of benzene rings is 1. The second kappa shape index (κ2) is 10.3. The van der Waals surface area contributed by atoms with Crippen molar-refractivity contribution in [2.75, 3.05) is 33.7 Å². The molecule has 0 unspecified atom stereocenters. The van der Waals surface area contributed by atoms with Gasteiger partial charge in [0, 0.05) is 37.6 Å². The van der Waals surface area contributed by atoms with Crippen LogP contribution in [0.15, 0.2) is 23.2 Å². The van der Waals surface area contributed by atoms with Crippen LogP contribution >= 0.6 is 35.6 Å². The lowest BCUT2D eigenvalue weighted by Gasteiger charge is -2.20. The van der Waals surface area contributed by atoms with Crippen LogP contribution in [0.3, 0.4) is 0 Å². The lowest BCUT2D eigenvalue weighted by molar-refractivity contribution is -0.127. The number of carbonyl (C=O) groups excluding carboxylic acids is 1. The fraction of sp³-hybridized carbons (Fsp3) is 0.556. The summed E-state index contributed by atoms with van der Waals surface area (Å²) in [6, 6.07) is 4.57. The fourth-order valence-corrected chi connectivity index (χ4v) is 2.94. The number of nitrogens with one attached hydrogen (secondary N) is 2. The van der Waals surface area contributed by atoms with Gasteiger partial charge >= 0.3 is 0 Å². The molecule has 1 aromatic carbocycles. The van der Waals surface area contributed by atoms with Gasteiger partial charge in [0.1, 0.15) is 12.4 Å². The Labute approximate surface area is 176 Å². The molecule has 146 valence electrons. The van der Waals surface area contributed by atoms with E-state index in [0.29, 0.717) is 17.5 Å². The van der Waals surface area contributed by atoms with Crippen LogP contribution in [0.1, 0.15) is 31.7 Å². The van der Waals surface area contributed by atoms with Gasteiger partial charge in [-0.25, -0.2) is 9.38 Å². The normalized spacial score (nSPS) is 15.0. The third kappa shape index (κ3) is 6.26. The van der Waals surface area contributed by atoms with Crippen molar-refractivity contribution in [2.45, 2.75) is 31.6 Å². The summed E-state index contributed by atoms with van der Waals surface area (Å²) in [6.07, 6.45) is 2.93. The molecular formula is C18H27ClFIN4O. The largest absolute Gasteiger partial charge is 0.356 e. The highest BCUT2D eigenvalue weighted by molar-refractivity contribution is 14.0. The van der Waals surface area contributed by atoms with E-state index < -0.39 is 0 Å². The van der Waals surface area contributed by atoms with Gasteiger partial charge in [0.25, 0.3) is 0 Å². The molecule has 0 atom stereocenters.